The maximum atomic E-state index is 5.63. The fourth-order valence-electron chi connectivity index (χ4n) is 1.29. The summed E-state index contributed by atoms with van der Waals surface area (Å²) >= 11 is 0. The largest absolute Gasteiger partial charge is 0.399 e. The first kappa shape index (κ1) is 10.2. The van der Waals surface area contributed by atoms with Crippen molar-refractivity contribution in [1.29, 1.82) is 0 Å². The highest BCUT2D eigenvalue weighted by atomic mass is 15.1. The van der Waals surface area contributed by atoms with Gasteiger partial charge >= 0.3 is 0 Å². The van der Waals surface area contributed by atoms with E-state index >= 15 is 0 Å². The Morgan fingerprint density at radius 1 is 0.688 bits per heavy atom. The average molecular weight is 212 g/mol. The van der Waals surface area contributed by atoms with Gasteiger partial charge in [0, 0.05) is 11.4 Å². The summed E-state index contributed by atoms with van der Waals surface area (Å²) in [6.07, 6.45) is 0. The smallest absolute Gasteiger partial charge is 0.0877 e. The zero-order chi connectivity index (χ0) is 11.4. The van der Waals surface area contributed by atoms with Crippen molar-refractivity contribution in [3.8, 4) is 0 Å². The van der Waals surface area contributed by atoms with Gasteiger partial charge in [-0.3, -0.25) is 0 Å². The summed E-state index contributed by atoms with van der Waals surface area (Å²) in [5, 5.41) is 8.14. The number of nitrogens with two attached hydrogens (primary N) is 2. The summed E-state index contributed by atoms with van der Waals surface area (Å²) in [5.41, 5.74) is 14.0. The molecular formula is C12H12N4. The van der Waals surface area contributed by atoms with Crippen LogP contribution in [0.4, 0.5) is 22.7 Å². The molecule has 2 rings (SSSR count). The molecule has 0 spiro atoms. The molecule has 0 radical (unpaired) electrons. The second-order valence-electron chi connectivity index (χ2n) is 3.39. The Hall–Kier alpha value is -2.36. The van der Waals surface area contributed by atoms with Gasteiger partial charge in [-0.25, -0.2) is 0 Å². The van der Waals surface area contributed by atoms with Crippen LogP contribution in [0.3, 0.4) is 0 Å². The van der Waals surface area contributed by atoms with Gasteiger partial charge in [0.25, 0.3) is 0 Å². The Bertz CT molecular complexity index is 472. The second kappa shape index (κ2) is 4.44. The van der Waals surface area contributed by atoms with Crippen molar-refractivity contribution in [2.45, 2.75) is 0 Å². The van der Waals surface area contributed by atoms with Crippen LogP contribution in [-0.4, -0.2) is 0 Å². The van der Waals surface area contributed by atoms with Crippen molar-refractivity contribution in [1.82, 2.24) is 0 Å². The van der Waals surface area contributed by atoms with Gasteiger partial charge in [-0.1, -0.05) is 12.1 Å². The first-order valence-corrected chi connectivity index (χ1v) is 4.87. The van der Waals surface area contributed by atoms with Gasteiger partial charge in [-0.05, 0) is 36.4 Å². The third-order valence-corrected chi connectivity index (χ3v) is 2.02. The SMILES string of the molecule is Nc1cccc(N=Nc2cccc(N)c2)c1. The van der Waals surface area contributed by atoms with E-state index in [-0.39, 0.29) is 0 Å². The van der Waals surface area contributed by atoms with Gasteiger partial charge in [0.15, 0.2) is 0 Å². The standard InChI is InChI=1S/C12H12N4/c13-9-3-1-5-11(7-9)15-16-12-6-2-4-10(14)8-12/h1-8H,13-14H2. The minimum atomic E-state index is 0.670. The van der Waals surface area contributed by atoms with E-state index in [0.29, 0.717) is 11.4 Å². The van der Waals surface area contributed by atoms with Crippen LogP contribution in [0, 0.1) is 0 Å². The second-order valence-corrected chi connectivity index (χ2v) is 3.39. The number of benzene rings is 2. The number of rotatable bonds is 2. The molecule has 80 valence electrons. The van der Waals surface area contributed by atoms with E-state index < -0.39 is 0 Å². The fraction of sp³-hybridized carbons (Fsp3) is 0. The quantitative estimate of drug-likeness (QED) is 0.592. The molecule has 0 aliphatic carbocycles. The van der Waals surface area contributed by atoms with Crippen LogP contribution in [0.15, 0.2) is 58.8 Å². The average Bonchev–Trinajstić information content (AvgIpc) is 2.27. The Morgan fingerprint density at radius 2 is 1.12 bits per heavy atom. The molecule has 0 saturated carbocycles. The zero-order valence-electron chi connectivity index (χ0n) is 8.67. The molecule has 0 aliphatic heterocycles. The molecule has 0 aromatic heterocycles. The van der Waals surface area contributed by atoms with Crippen LogP contribution < -0.4 is 11.5 Å². The zero-order valence-corrected chi connectivity index (χ0v) is 8.67. The molecule has 0 unspecified atom stereocenters. The van der Waals surface area contributed by atoms with E-state index in [2.05, 4.69) is 10.2 Å². The van der Waals surface area contributed by atoms with Gasteiger partial charge < -0.3 is 11.5 Å². The van der Waals surface area contributed by atoms with Gasteiger partial charge in [0.1, 0.15) is 0 Å². The van der Waals surface area contributed by atoms with Crippen molar-refractivity contribution in [2.75, 3.05) is 11.5 Å². The van der Waals surface area contributed by atoms with Crippen molar-refractivity contribution in [3.63, 3.8) is 0 Å². The fourth-order valence-corrected chi connectivity index (χ4v) is 1.29. The third kappa shape index (κ3) is 2.57. The van der Waals surface area contributed by atoms with E-state index in [1.165, 1.54) is 0 Å². The number of anilines is 2. The summed E-state index contributed by atoms with van der Waals surface area (Å²) in [6, 6.07) is 14.5. The first-order valence-electron chi connectivity index (χ1n) is 4.87. The summed E-state index contributed by atoms with van der Waals surface area (Å²) in [6.45, 7) is 0. The molecule has 16 heavy (non-hydrogen) atoms. The monoisotopic (exact) mass is 212 g/mol. The minimum Gasteiger partial charge on any atom is -0.399 e. The molecule has 4 N–H and O–H groups in total. The molecular weight excluding hydrogens is 200 g/mol. The van der Waals surface area contributed by atoms with Gasteiger partial charge in [0.05, 0.1) is 11.4 Å². The predicted molar refractivity (Wildman–Crippen MR) is 65.9 cm³/mol. The Morgan fingerprint density at radius 3 is 1.50 bits per heavy atom. The number of hydrogen-bond acceptors (Lipinski definition) is 4. The van der Waals surface area contributed by atoms with Gasteiger partial charge in [-0.15, -0.1) is 0 Å². The third-order valence-electron chi connectivity index (χ3n) is 2.02. The molecule has 0 aliphatic rings. The molecule has 0 atom stereocenters. The Kier molecular flexibility index (Phi) is 2.82. The van der Waals surface area contributed by atoms with E-state index in [1.54, 1.807) is 24.3 Å². The lowest BCUT2D eigenvalue weighted by atomic mass is 10.3. The van der Waals surface area contributed by atoms with E-state index in [0.717, 1.165) is 11.4 Å². The van der Waals surface area contributed by atoms with Crippen molar-refractivity contribution in [3.05, 3.63) is 48.5 Å². The van der Waals surface area contributed by atoms with Crippen LogP contribution in [-0.2, 0) is 0 Å². The Balaban J connectivity index is 2.21. The van der Waals surface area contributed by atoms with Crippen LogP contribution in [0.2, 0.25) is 0 Å². The number of hydrogen-bond donors (Lipinski definition) is 2. The van der Waals surface area contributed by atoms with Crippen LogP contribution >= 0.6 is 0 Å². The molecule has 4 heteroatoms. The van der Waals surface area contributed by atoms with Crippen LogP contribution in [0.5, 0.6) is 0 Å². The number of nitrogen functional groups attached to an aromatic ring is 2. The summed E-state index contributed by atoms with van der Waals surface area (Å²) in [7, 11) is 0. The van der Waals surface area contributed by atoms with Crippen molar-refractivity contribution < 1.29 is 0 Å². The lowest BCUT2D eigenvalue weighted by Gasteiger charge is -1.96. The van der Waals surface area contributed by atoms with Crippen molar-refractivity contribution in [2.24, 2.45) is 10.2 Å². The predicted octanol–water partition coefficient (Wildman–Crippen LogP) is 3.27. The van der Waals surface area contributed by atoms with Crippen LogP contribution in [0.1, 0.15) is 0 Å². The summed E-state index contributed by atoms with van der Waals surface area (Å²) in [5.74, 6) is 0. The molecule has 0 saturated heterocycles. The molecule has 2 aromatic rings. The summed E-state index contributed by atoms with van der Waals surface area (Å²) < 4.78 is 0. The summed E-state index contributed by atoms with van der Waals surface area (Å²) in [4.78, 5) is 0. The molecule has 0 bridgehead atoms. The molecule has 2 aromatic carbocycles. The topological polar surface area (TPSA) is 76.8 Å². The molecule has 0 fully saturated rings. The highest BCUT2D eigenvalue weighted by molar-refractivity contribution is 5.52. The van der Waals surface area contributed by atoms with Gasteiger partial charge in [0.2, 0.25) is 0 Å². The van der Waals surface area contributed by atoms with Crippen LogP contribution in [0.25, 0.3) is 0 Å². The molecule has 4 nitrogen and oxygen atoms in total. The number of nitrogens with zero attached hydrogens (tertiary/aromatic N) is 2. The van der Waals surface area contributed by atoms with E-state index in [1.807, 2.05) is 24.3 Å². The maximum Gasteiger partial charge on any atom is 0.0877 e. The minimum absolute atomic E-state index is 0.670. The number of azo groups is 1. The molecule has 0 heterocycles. The van der Waals surface area contributed by atoms with E-state index in [4.69, 9.17) is 11.5 Å². The van der Waals surface area contributed by atoms with E-state index in [9.17, 15) is 0 Å². The normalized spacial score (nSPS) is 10.8. The van der Waals surface area contributed by atoms with Gasteiger partial charge in [-0.2, -0.15) is 10.2 Å². The highest BCUT2D eigenvalue weighted by Gasteiger charge is 1.92. The lowest BCUT2D eigenvalue weighted by Crippen LogP contribution is -1.81. The van der Waals surface area contributed by atoms with Crippen molar-refractivity contribution >= 4 is 22.7 Å². The first-order chi connectivity index (χ1) is 7.74. The Labute approximate surface area is 93.6 Å². The highest BCUT2D eigenvalue weighted by Crippen LogP contribution is 2.21. The molecule has 0 amide bonds. The lowest BCUT2D eigenvalue weighted by molar-refractivity contribution is 1.23. The maximum absolute atomic E-state index is 5.63.